The van der Waals surface area contributed by atoms with E-state index in [-0.39, 0.29) is 18.4 Å². The van der Waals surface area contributed by atoms with Crippen molar-refractivity contribution < 1.29 is 19.1 Å². The van der Waals surface area contributed by atoms with Gasteiger partial charge in [0.25, 0.3) is 11.8 Å². The van der Waals surface area contributed by atoms with Crippen LogP contribution in [0.4, 0.5) is 0 Å². The fourth-order valence-corrected chi connectivity index (χ4v) is 3.30. The third-order valence-corrected chi connectivity index (χ3v) is 4.54. The van der Waals surface area contributed by atoms with E-state index in [9.17, 15) is 9.59 Å². The number of rotatable bonds is 3. The van der Waals surface area contributed by atoms with Crippen molar-refractivity contribution in [2.24, 2.45) is 0 Å². The number of hydrogen-bond acceptors (Lipinski definition) is 4. The van der Waals surface area contributed by atoms with E-state index in [1.54, 1.807) is 12.1 Å². The van der Waals surface area contributed by atoms with Gasteiger partial charge in [0.05, 0.1) is 13.2 Å². The molecule has 0 saturated carbocycles. The minimum absolute atomic E-state index is 0.249. The van der Waals surface area contributed by atoms with Gasteiger partial charge in [-0.15, -0.1) is 0 Å². The van der Waals surface area contributed by atoms with Crippen LogP contribution < -0.4 is 0 Å². The molecular formula is C18H17NO4. The van der Waals surface area contributed by atoms with Gasteiger partial charge in [-0.25, -0.2) is 0 Å². The Kier molecular flexibility index (Phi) is 3.21. The lowest BCUT2D eigenvalue weighted by molar-refractivity contribution is -0.147. The molecule has 23 heavy (non-hydrogen) atoms. The highest BCUT2D eigenvalue weighted by molar-refractivity contribution is 6.25. The Morgan fingerprint density at radius 2 is 1.57 bits per heavy atom. The monoisotopic (exact) mass is 311 g/mol. The number of hydrogen-bond donors (Lipinski definition) is 0. The molecule has 1 fully saturated rings. The summed E-state index contributed by atoms with van der Waals surface area (Å²) in [4.78, 5) is 26.8. The third-order valence-electron chi connectivity index (χ3n) is 4.54. The smallest absolute Gasteiger partial charge is 0.261 e. The Morgan fingerprint density at radius 1 is 1.00 bits per heavy atom. The molecular weight excluding hydrogens is 294 g/mol. The van der Waals surface area contributed by atoms with Crippen LogP contribution >= 0.6 is 0 Å². The Morgan fingerprint density at radius 3 is 2.13 bits per heavy atom. The van der Waals surface area contributed by atoms with E-state index in [1.807, 2.05) is 31.2 Å². The average Bonchev–Trinajstić information content (AvgIpc) is 2.99. The standard InChI is InChI=1S/C18H17NO4/c1-18(22-10-11-23-18)8-9-19-16(20)13-6-2-4-12-5-3-7-14(15(12)13)17(19)21/h2-7H,8-11H2,1H3. The van der Waals surface area contributed by atoms with Crippen LogP contribution in [0.1, 0.15) is 34.1 Å². The van der Waals surface area contributed by atoms with Gasteiger partial charge in [0.1, 0.15) is 0 Å². The topological polar surface area (TPSA) is 55.8 Å². The van der Waals surface area contributed by atoms with Crippen molar-refractivity contribution in [3.8, 4) is 0 Å². The Hall–Kier alpha value is -2.24. The summed E-state index contributed by atoms with van der Waals surface area (Å²) in [6, 6.07) is 11.1. The lowest BCUT2D eigenvalue weighted by Crippen LogP contribution is -2.43. The number of benzene rings is 2. The minimum atomic E-state index is -0.719. The highest BCUT2D eigenvalue weighted by atomic mass is 16.7. The highest BCUT2D eigenvalue weighted by Crippen LogP contribution is 2.31. The van der Waals surface area contributed by atoms with Gasteiger partial charge in [0, 0.05) is 29.5 Å². The molecule has 0 radical (unpaired) electrons. The second-order valence-corrected chi connectivity index (χ2v) is 6.05. The lowest BCUT2D eigenvalue weighted by Gasteiger charge is -2.30. The maximum Gasteiger partial charge on any atom is 0.261 e. The van der Waals surface area contributed by atoms with E-state index in [0.29, 0.717) is 30.8 Å². The first-order chi connectivity index (χ1) is 11.1. The lowest BCUT2D eigenvalue weighted by atomic mass is 9.94. The van der Waals surface area contributed by atoms with E-state index in [2.05, 4.69) is 0 Å². The highest BCUT2D eigenvalue weighted by Gasteiger charge is 2.36. The zero-order chi connectivity index (χ0) is 16.0. The number of imide groups is 1. The van der Waals surface area contributed by atoms with Crippen LogP contribution in [0.25, 0.3) is 10.8 Å². The van der Waals surface area contributed by atoms with Gasteiger partial charge in [0.2, 0.25) is 0 Å². The van der Waals surface area contributed by atoms with Gasteiger partial charge in [0.15, 0.2) is 5.79 Å². The molecule has 118 valence electrons. The van der Waals surface area contributed by atoms with Gasteiger partial charge in [-0.3, -0.25) is 14.5 Å². The fraction of sp³-hybridized carbons (Fsp3) is 0.333. The normalized spacial score (nSPS) is 19.6. The zero-order valence-corrected chi connectivity index (χ0v) is 12.9. The van der Waals surface area contributed by atoms with Crippen molar-refractivity contribution in [2.75, 3.05) is 19.8 Å². The molecule has 2 aromatic carbocycles. The molecule has 2 aromatic rings. The van der Waals surface area contributed by atoms with Crippen LogP contribution in [0.5, 0.6) is 0 Å². The second-order valence-electron chi connectivity index (χ2n) is 6.05. The molecule has 4 rings (SSSR count). The van der Waals surface area contributed by atoms with Gasteiger partial charge < -0.3 is 9.47 Å². The van der Waals surface area contributed by atoms with Crippen LogP contribution in [0.2, 0.25) is 0 Å². The first-order valence-corrected chi connectivity index (χ1v) is 7.75. The first kappa shape index (κ1) is 14.4. The largest absolute Gasteiger partial charge is 0.348 e. The Balaban J connectivity index is 1.69. The maximum absolute atomic E-state index is 12.7. The van der Waals surface area contributed by atoms with Crippen LogP contribution in [-0.4, -0.2) is 42.3 Å². The maximum atomic E-state index is 12.7. The second kappa shape index (κ2) is 5.15. The van der Waals surface area contributed by atoms with Crippen molar-refractivity contribution in [2.45, 2.75) is 19.1 Å². The number of ether oxygens (including phenoxy) is 2. The van der Waals surface area contributed by atoms with E-state index in [1.165, 1.54) is 4.90 Å². The summed E-state index contributed by atoms with van der Waals surface area (Å²) < 4.78 is 11.1. The van der Waals surface area contributed by atoms with Crippen LogP contribution in [0.3, 0.4) is 0 Å². The predicted molar refractivity (Wildman–Crippen MR) is 84.2 cm³/mol. The molecule has 5 nitrogen and oxygen atoms in total. The molecule has 2 aliphatic rings. The molecule has 2 aliphatic heterocycles. The summed E-state index contributed by atoms with van der Waals surface area (Å²) in [5.41, 5.74) is 1.16. The van der Waals surface area contributed by atoms with Crippen molar-refractivity contribution in [3.05, 3.63) is 47.5 Å². The molecule has 2 amide bonds. The van der Waals surface area contributed by atoms with Crippen molar-refractivity contribution in [1.29, 1.82) is 0 Å². The molecule has 0 spiro atoms. The van der Waals surface area contributed by atoms with Gasteiger partial charge >= 0.3 is 0 Å². The average molecular weight is 311 g/mol. The number of amides is 2. The van der Waals surface area contributed by atoms with E-state index in [4.69, 9.17) is 9.47 Å². The summed E-state index contributed by atoms with van der Waals surface area (Å²) in [7, 11) is 0. The summed E-state index contributed by atoms with van der Waals surface area (Å²) in [6.07, 6.45) is 0.461. The summed E-state index contributed by atoms with van der Waals surface area (Å²) in [5.74, 6) is -1.22. The van der Waals surface area contributed by atoms with Crippen LogP contribution in [0, 0.1) is 0 Å². The molecule has 0 unspecified atom stereocenters. The summed E-state index contributed by atoms with van der Waals surface area (Å²) in [5, 5.41) is 1.66. The van der Waals surface area contributed by atoms with E-state index in [0.717, 1.165) is 10.8 Å². The molecule has 0 aliphatic carbocycles. The minimum Gasteiger partial charge on any atom is -0.348 e. The van der Waals surface area contributed by atoms with Gasteiger partial charge in [-0.1, -0.05) is 24.3 Å². The number of nitrogens with zero attached hydrogens (tertiary/aromatic N) is 1. The van der Waals surface area contributed by atoms with Gasteiger partial charge in [-0.05, 0) is 24.4 Å². The predicted octanol–water partition coefficient (Wildman–Crippen LogP) is 2.59. The van der Waals surface area contributed by atoms with Crippen LogP contribution in [-0.2, 0) is 9.47 Å². The zero-order valence-electron chi connectivity index (χ0n) is 12.9. The van der Waals surface area contributed by atoms with E-state index >= 15 is 0 Å². The quantitative estimate of drug-likeness (QED) is 0.818. The first-order valence-electron chi connectivity index (χ1n) is 7.75. The SMILES string of the molecule is CC1(CCN2C(=O)c3cccc4cccc(c34)C2=O)OCCO1. The van der Waals surface area contributed by atoms with Gasteiger partial charge in [-0.2, -0.15) is 0 Å². The molecule has 0 aromatic heterocycles. The third kappa shape index (κ3) is 2.24. The summed E-state index contributed by atoms with van der Waals surface area (Å²) in [6.45, 7) is 3.20. The molecule has 0 atom stereocenters. The molecule has 5 heteroatoms. The number of carbonyl (C=O) groups is 2. The molecule has 0 N–H and O–H groups in total. The molecule has 0 bridgehead atoms. The number of carbonyl (C=O) groups excluding carboxylic acids is 2. The van der Waals surface area contributed by atoms with Crippen molar-refractivity contribution in [1.82, 2.24) is 4.90 Å². The summed E-state index contributed by atoms with van der Waals surface area (Å²) >= 11 is 0. The van der Waals surface area contributed by atoms with Crippen molar-refractivity contribution >= 4 is 22.6 Å². The molecule has 2 heterocycles. The van der Waals surface area contributed by atoms with E-state index < -0.39 is 5.79 Å². The van der Waals surface area contributed by atoms with Crippen molar-refractivity contribution in [3.63, 3.8) is 0 Å². The Bertz CT molecular complexity index is 757. The Labute approximate surface area is 133 Å². The van der Waals surface area contributed by atoms with Crippen LogP contribution in [0.15, 0.2) is 36.4 Å². The molecule has 1 saturated heterocycles. The fourth-order valence-electron chi connectivity index (χ4n) is 3.30.